The van der Waals surface area contributed by atoms with Gasteiger partial charge < -0.3 is 16.2 Å². The van der Waals surface area contributed by atoms with E-state index in [4.69, 9.17) is 16.2 Å². The van der Waals surface area contributed by atoms with Crippen LogP contribution in [0.3, 0.4) is 0 Å². The number of esters is 1. The van der Waals surface area contributed by atoms with Gasteiger partial charge in [-0.1, -0.05) is 30.3 Å². The maximum absolute atomic E-state index is 11.9. The van der Waals surface area contributed by atoms with E-state index >= 15 is 0 Å². The topological polar surface area (TPSA) is 78.3 Å². The molecule has 92 valence electrons. The van der Waals surface area contributed by atoms with Gasteiger partial charge in [0.25, 0.3) is 0 Å². The Kier molecular flexibility index (Phi) is 3.45. The van der Waals surface area contributed by atoms with E-state index in [1.807, 2.05) is 30.3 Å². The molecule has 0 saturated heterocycles. The number of nitrogens with two attached hydrogens (primary N) is 2. The number of hydrogen-bond donors (Lipinski definition) is 2. The van der Waals surface area contributed by atoms with Crippen LogP contribution in [0.2, 0.25) is 0 Å². The minimum Gasteiger partial charge on any atom is -0.459 e. The lowest BCUT2D eigenvalue weighted by molar-refractivity contribution is -0.151. The second-order valence-corrected chi connectivity index (χ2v) is 4.60. The van der Waals surface area contributed by atoms with Crippen LogP contribution < -0.4 is 11.5 Å². The molecule has 1 aromatic rings. The Bertz CT molecular complexity index is 394. The highest BCUT2D eigenvalue weighted by Crippen LogP contribution is 2.27. The van der Waals surface area contributed by atoms with Gasteiger partial charge in [0, 0.05) is 6.04 Å². The molecule has 0 bridgehead atoms. The van der Waals surface area contributed by atoms with Crippen LogP contribution in [0.1, 0.15) is 24.8 Å². The van der Waals surface area contributed by atoms with Gasteiger partial charge in [0.15, 0.2) is 0 Å². The van der Waals surface area contributed by atoms with Gasteiger partial charge in [-0.05, 0) is 24.8 Å². The van der Waals surface area contributed by atoms with E-state index in [0.29, 0.717) is 6.42 Å². The summed E-state index contributed by atoms with van der Waals surface area (Å²) < 4.78 is 5.24. The maximum Gasteiger partial charge on any atom is 0.328 e. The third-order valence-corrected chi connectivity index (χ3v) is 3.36. The van der Waals surface area contributed by atoms with Crippen molar-refractivity contribution in [3.05, 3.63) is 35.9 Å². The number of rotatable bonds is 3. The van der Waals surface area contributed by atoms with Crippen LogP contribution >= 0.6 is 0 Å². The molecule has 1 fully saturated rings. The van der Waals surface area contributed by atoms with Gasteiger partial charge in [-0.2, -0.15) is 0 Å². The van der Waals surface area contributed by atoms with Crippen molar-refractivity contribution in [3.63, 3.8) is 0 Å². The van der Waals surface area contributed by atoms with Crippen LogP contribution in [0.25, 0.3) is 0 Å². The van der Waals surface area contributed by atoms with E-state index in [1.54, 1.807) is 0 Å². The Morgan fingerprint density at radius 1 is 1.41 bits per heavy atom. The predicted molar refractivity (Wildman–Crippen MR) is 65.0 cm³/mol. The first kappa shape index (κ1) is 12.1. The van der Waals surface area contributed by atoms with Crippen molar-refractivity contribution in [2.24, 2.45) is 11.5 Å². The molecule has 4 heteroatoms. The molecule has 2 rings (SSSR count). The highest BCUT2D eigenvalue weighted by atomic mass is 16.5. The molecule has 1 aliphatic carbocycles. The van der Waals surface area contributed by atoms with Crippen LogP contribution in [0.5, 0.6) is 0 Å². The quantitative estimate of drug-likeness (QED) is 0.763. The molecule has 4 nitrogen and oxygen atoms in total. The molecule has 0 aromatic heterocycles. The minimum atomic E-state index is -0.991. The van der Waals surface area contributed by atoms with Gasteiger partial charge in [0.1, 0.15) is 12.1 Å². The van der Waals surface area contributed by atoms with Crippen molar-refractivity contribution in [1.29, 1.82) is 0 Å². The van der Waals surface area contributed by atoms with E-state index in [2.05, 4.69) is 0 Å². The normalized spacial score (nSPS) is 28.0. The smallest absolute Gasteiger partial charge is 0.328 e. The Hall–Kier alpha value is -1.39. The zero-order valence-corrected chi connectivity index (χ0v) is 9.76. The first-order valence-electron chi connectivity index (χ1n) is 5.88. The lowest BCUT2D eigenvalue weighted by Crippen LogP contribution is -2.58. The van der Waals surface area contributed by atoms with Crippen molar-refractivity contribution >= 4 is 5.97 Å². The van der Waals surface area contributed by atoms with E-state index in [1.165, 1.54) is 0 Å². The second-order valence-electron chi connectivity index (χ2n) is 4.60. The summed E-state index contributed by atoms with van der Waals surface area (Å²) >= 11 is 0. The third kappa shape index (κ3) is 2.48. The molecule has 2 unspecified atom stereocenters. The molecule has 0 aliphatic heterocycles. The van der Waals surface area contributed by atoms with Crippen LogP contribution in [0.4, 0.5) is 0 Å². The summed E-state index contributed by atoms with van der Waals surface area (Å²) in [7, 11) is 0. The van der Waals surface area contributed by atoms with Crippen molar-refractivity contribution < 1.29 is 9.53 Å². The fourth-order valence-corrected chi connectivity index (χ4v) is 2.17. The fourth-order valence-electron chi connectivity index (χ4n) is 2.17. The number of hydrogen-bond acceptors (Lipinski definition) is 4. The number of benzene rings is 1. The average molecular weight is 234 g/mol. The number of ether oxygens (including phenoxy) is 1. The van der Waals surface area contributed by atoms with Gasteiger partial charge >= 0.3 is 5.97 Å². The molecule has 1 aliphatic rings. The van der Waals surface area contributed by atoms with Crippen molar-refractivity contribution in [2.75, 3.05) is 0 Å². The number of carbonyl (C=O) groups is 1. The fraction of sp³-hybridized carbons (Fsp3) is 0.462. The minimum absolute atomic E-state index is 0.255. The molecular formula is C13H18N2O2. The SMILES string of the molecule is NC1CCCC1(N)C(=O)OCc1ccccc1. The van der Waals surface area contributed by atoms with Crippen LogP contribution in [-0.4, -0.2) is 17.6 Å². The first-order chi connectivity index (χ1) is 8.13. The summed E-state index contributed by atoms with van der Waals surface area (Å²) in [5.74, 6) is -0.383. The van der Waals surface area contributed by atoms with Crippen LogP contribution in [-0.2, 0) is 16.1 Å². The molecule has 1 saturated carbocycles. The zero-order valence-electron chi connectivity index (χ0n) is 9.76. The monoisotopic (exact) mass is 234 g/mol. The third-order valence-electron chi connectivity index (χ3n) is 3.36. The molecule has 0 amide bonds. The van der Waals surface area contributed by atoms with Gasteiger partial charge in [0.2, 0.25) is 0 Å². The van der Waals surface area contributed by atoms with E-state index < -0.39 is 5.54 Å². The second kappa shape index (κ2) is 4.85. The standard InChI is InChI=1S/C13H18N2O2/c14-11-7-4-8-13(11,15)12(16)17-9-10-5-2-1-3-6-10/h1-3,5-6,11H,4,7-9,14-15H2. The van der Waals surface area contributed by atoms with Crippen LogP contribution in [0.15, 0.2) is 30.3 Å². The molecule has 0 heterocycles. The van der Waals surface area contributed by atoms with Gasteiger partial charge in [-0.15, -0.1) is 0 Å². The summed E-state index contributed by atoms with van der Waals surface area (Å²) in [5.41, 5.74) is 11.8. The van der Waals surface area contributed by atoms with Crippen molar-refractivity contribution in [3.8, 4) is 0 Å². The molecule has 17 heavy (non-hydrogen) atoms. The molecule has 2 atom stereocenters. The summed E-state index contributed by atoms with van der Waals surface area (Å²) in [6, 6.07) is 9.26. The Morgan fingerprint density at radius 3 is 2.71 bits per heavy atom. The molecule has 1 aromatic carbocycles. The summed E-state index contributed by atoms with van der Waals surface area (Å²) in [6.45, 7) is 0.255. The molecule has 0 radical (unpaired) electrons. The molecule has 4 N–H and O–H groups in total. The predicted octanol–water partition coefficient (Wildman–Crippen LogP) is 0.938. The molecular weight excluding hydrogens is 216 g/mol. The van der Waals surface area contributed by atoms with Gasteiger partial charge in [-0.25, -0.2) is 4.79 Å². The van der Waals surface area contributed by atoms with E-state index in [-0.39, 0.29) is 18.6 Å². The molecule has 0 spiro atoms. The van der Waals surface area contributed by atoms with Gasteiger partial charge in [-0.3, -0.25) is 0 Å². The Balaban J connectivity index is 1.94. The number of carbonyl (C=O) groups excluding carboxylic acids is 1. The Labute approximate surface area is 101 Å². The largest absolute Gasteiger partial charge is 0.459 e. The first-order valence-corrected chi connectivity index (χ1v) is 5.88. The highest BCUT2D eigenvalue weighted by molar-refractivity contribution is 5.82. The Morgan fingerprint density at radius 2 is 2.12 bits per heavy atom. The van der Waals surface area contributed by atoms with E-state index in [9.17, 15) is 4.79 Å². The summed E-state index contributed by atoms with van der Waals surface area (Å²) in [5, 5.41) is 0. The lowest BCUT2D eigenvalue weighted by Gasteiger charge is -2.26. The van der Waals surface area contributed by atoms with Crippen LogP contribution in [0, 0.1) is 0 Å². The van der Waals surface area contributed by atoms with Crippen molar-refractivity contribution in [1.82, 2.24) is 0 Å². The maximum atomic E-state index is 11.9. The summed E-state index contributed by atoms with van der Waals surface area (Å²) in [6.07, 6.45) is 2.29. The summed E-state index contributed by atoms with van der Waals surface area (Å²) in [4.78, 5) is 11.9. The highest BCUT2D eigenvalue weighted by Gasteiger charge is 2.45. The van der Waals surface area contributed by atoms with E-state index in [0.717, 1.165) is 18.4 Å². The van der Waals surface area contributed by atoms with Crippen molar-refractivity contribution in [2.45, 2.75) is 37.5 Å². The lowest BCUT2D eigenvalue weighted by atomic mass is 9.95. The average Bonchev–Trinajstić information content (AvgIpc) is 2.69. The van der Waals surface area contributed by atoms with Gasteiger partial charge in [0.05, 0.1) is 0 Å². The zero-order chi connectivity index (χ0) is 12.3.